The SMILES string of the molecule is C=C/C=C(\C=C(\C)N)c1c[nH]nc1-c1ccc(F)cc1. The summed E-state index contributed by atoms with van der Waals surface area (Å²) in [5.74, 6) is -0.273. The Bertz CT molecular complexity index is 659. The zero-order valence-electron chi connectivity index (χ0n) is 11.2. The van der Waals surface area contributed by atoms with Crippen molar-refractivity contribution in [2.75, 3.05) is 0 Å². The van der Waals surface area contributed by atoms with Crippen molar-refractivity contribution < 1.29 is 4.39 Å². The Kier molecular flexibility index (Phi) is 4.15. The lowest BCUT2D eigenvalue weighted by molar-refractivity contribution is 0.628. The molecule has 0 saturated heterocycles. The largest absolute Gasteiger partial charge is 0.402 e. The molecule has 0 bridgehead atoms. The maximum atomic E-state index is 13.0. The number of benzene rings is 1. The van der Waals surface area contributed by atoms with E-state index < -0.39 is 0 Å². The highest BCUT2D eigenvalue weighted by molar-refractivity contribution is 5.84. The van der Waals surface area contributed by atoms with Crippen molar-refractivity contribution in [2.45, 2.75) is 6.92 Å². The maximum absolute atomic E-state index is 13.0. The topological polar surface area (TPSA) is 54.7 Å². The minimum Gasteiger partial charge on any atom is -0.402 e. The van der Waals surface area contributed by atoms with Crippen LogP contribution < -0.4 is 5.73 Å². The summed E-state index contributed by atoms with van der Waals surface area (Å²) in [5, 5.41) is 7.07. The van der Waals surface area contributed by atoms with Crippen LogP contribution in [0.1, 0.15) is 12.5 Å². The molecule has 102 valence electrons. The van der Waals surface area contributed by atoms with Gasteiger partial charge in [0, 0.05) is 23.0 Å². The standard InChI is InChI=1S/C16H16FN3/c1-3-4-13(9-11(2)18)15-10-19-20-16(15)12-5-7-14(17)8-6-12/h3-10H,1,18H2,2H3,(H,19,20)/b11-9-,13-4+. The number of hydrogen-bond acceptors (Lipinski definition) is 2. The molecule has 0 amide bonds. The van der Waals surface area contributed by atoms with Crippen LogP contribution in [-0.4, -0.2) is 10.2 Å². The number of nitrogens with two attached hydrogens (primary N) is 1. The molecule has 2 rings (SSSR count). The van der Waals surface area contributed by atoms with E-state index in [0.29, 0.717) is 5.70 Å². The molecule has 1 heterocycles. The number of aromatic nitrogens is 2. The number of nitrogens with one attached hydrogen (secondary N) is 1. The first kappa shape index (κ1) is 13.8. The van der Waals surface area contributed by atoms with Crippen LogP contribution in [0, 0.1) is 5.82 Å². The Morgan fingerprint density at radius 3 is 2.65 bits per heavy atom. The summed E-state index contributed by atoms with van der Waals surface area (Å²) in [5.41, 5.74) is 9.80. The zero-order valence-corrected chi connectivity index (χ0v) is 11.2. The average Bonchev–Trinajstić information content (AvgIpc) is 2.88. The van der Waals surface area contributed by atoms with E-state index in [1.807, 2.05) is 19.1 Å². The van der Waals surface area contributed by atoms with Gasteiger partial charge in [0.1, 0.15) is 5.82 Å². The number of H-pyrrole nitrogens is 1. The van der Waals surface area contributed by atoms with Crippen LogP contribution in [0.3, 0.4) is 0 Å². The molecule has 0 aliphatic heterocycles. The summed E-state index contributed by atoms with van der Waals surface area (Å²) in [4.78, 5) is 0. The van der Waals surface area contributed by atoms with Gasteiger partial charge in [-0.15, -0.1) is 0 Å². The molecule has 0 fully saturated rings. The average molecular weight is 269 g/mol. The first-order valence-electron chi connectivity index (χ1n) is 6.18. The van der Waals surface area contributed by atoms with E-state index in [-0.39, 0.29) is 5.82 Å². The van der Waals surface area contributed by atoms with E-state index >= 15 is 0 Å². The molecule has 0 radical (unpaired) electrons. The van der Waals surface area contributed by atoms with Crippen molar-refractivity contribution in [3.8, 4) is 11.3 Å². The molecule has 0 aliphatic carbocycles. The van der Waals surface area contributed by atoms with Gasteiger partial charge in [0.25, 0.3) is 0 Å². The van der Waals surface area contributed by atoms with Crippen LogP contribution >= 0.6 is 0 Å². The van der Waals surface area contributed by atoms with Crippen molar-refractivity contribution in [2.24, 2.45) is 5.73 Å². The molecule has 3 N–H and O–H groups in total. The van der Waals surface area contributed by atoms with Gasteiger partial charge in [-0.1, -0.05) is 18.7 Å². The molecular weight excluding hydrogens is 253 g/mol. The van der Waals surface area contributed by atoms with Crippen LogP contribution in [-0.2, 0) is 0 Å². The Morgan fingerprint density at radius 1 is 1.35 bits per heavy atom. The summed E-state index contributed by atoms with van der Waals surface area (Å²) in [7, 11) is 0. The van der Waals surface area contributed by atoms with Gasteiger partial charge in [0.05, 0.1) is 5.69 Å². The molecule has 0 atom stereocenters. The van der Waals surface area contributed by atoms with Gasteiger partial charge in [-0.3, -0.25) is 5.10 Å². The van der Waals surface area contributed by atoms with E-state index in [2.05, 4.69) is 16.8 Å². The van der Waals surface area contributed by atoms with E-state index in [9.17, 15) is 4.39 Å². The lowest BCUT2D eigenvalue weighted by Crippen LogP contribution is -1.92. The molecule has 0 aliphatic rings. The summed E-state index contributed by atoms with van der Waals surface area (Å²) in [6.45, 7) is 5.52. The molecule has 20 heavy (non-hydrogen) atoms. The van der Waals surface area contributed by atoms with Crippen LogP contribution in [0.4, 0.5) is 4.39 Å². The number of allylic oxidation sites excluding steroid dienone is 5. The number of hydrogen-bond donors (Lipinski definition) is 2. The molecular formula is C16H16FN3. The van der Waals surface area contributed by atoms with Crippen molar-refractivity contribution >= 4 is 5.57 Å². The molecule has 0 spiro atoms. The smallest absolute Gasteiger partial charge is 0.123 e. The summed E-state index contributed by atoms with van der Waals surface area (Å²) < 4.78 is 13.0. The number of aromatic amines is 1. The second kappa shape index (κ2) is 6.02. The Hall–Kier alpha value is -2.62. The monoisotopic (exact) mass is 269 g/mol. The second-order valence-electron chi connectivity index (χ2n) is 4.40. The molecule has 2 aromatic rings. The van der Waals surface area contributed by atoms with Gasteiger partial charge in [-0.05, 0) is 42.8 Å². The highest BCUT2D eigenvalue weighted by atomic mass is 19.1. The Morgan fingerprint density at radius 2 is 2.05 bits per heavy atom. The fourth-order valence-corrected chi connectivity index (χ4v) is 1.93. The minimum absolute atomic E-state index is 0.273. The van der Waals surface area contributed by atoms with Crippen molar-refractivity contribution in [1.29, 1.82) is 0 Å². The zero-order chi connectivity index (χ0) is 14.5. The van der Waals surface area contributed by atoms with Crippen LogP contribution in [0.2, 0.25) is 0 Å². The number of rotatable bonds is 4. The van der Waals surface area contributed by atoms with Gasteiger partial charge in [-0.25, -0.2) is 4.39 Å². The molecule has 4 heteroatoms. The summed E-state index contributed by atoms with van der Waals surface area (Å²) >= 11 is 0. The van der Waals surface area contributed by atoms with E-state index in [1.54, 1.807) is 24.4 Å². The minimum atomic E-state index is -0.273. The first-order chi connectivity index (χ1) is 9.61. The molecule has 1 aromatic carbocycles. The first-order valence-corrected chi connectivity index (χ1v) is 6.18. The van der Waals surface area contributed by atoms with Gasteiger partial charge in [0.2, 0.25) is 0 Å². The van der Waals surface area contributed by atoms with Crippen molar-refractivity contribution in [1.82, 2.24) is 10.2 Å². The lowest BCUT2D eigenvalue weighted by atomic mass is 10.0. The fraction of sp³-hybridized carbons (Fsp3) is 0.0625. The highest BCUT2D eigenvalue weighted by Gasteiger charge is 2.11. The molecule has 0 unspecified atom stereocenters. The normalized spacial score (nSPS) is 12.5. The predicted octanol–water partition coefficient (Wildman–Crippen LogP) is 3.65. The Labute approximate surface area is 117 Å². The van der Waals surface area contributed by atoms with Gasteiger partial charge >= 0.3 is 0 Å². The third-order valence-electron chi connectivity index (χ3n) is 2.75. The fourth-order valence-electron chi connectivity index (χ4n) is 1.93. The van der Waals surface area contributed by atoms with Crippen LogP contribution in [0.5, 0.6) is 0 Å². The van der Waals surface area contributed by atoms with Crippen LogP contribution in [0.25, 0.3) is 16.8 Å². The number of halogens is 1. The van der Waals surface area contributed by atoms with E-state index in [1.165, 1.54) is 12.1 Å². The summed E-state index contributed by atoms with van der Waals surface area (Å²) in [6, 6.07) is 6.21. The van der Waals surface area contributed by atoms with E-state index in [4.69, 9.17) is 5.73 Å². The quantitative estimate of drug-likeness (QED) is 0.832. The molecule has 0 saturated carbocycles. The maximum Gasteiger partial charge on any atom is 0.123 e. The van der Waals surface area contributed by atoms with Crippen molar-refractivity contribution in [3.05, 3.63) is 72.3 Å². The summed E-state index contributed by atoms with van der Waals surface area (Å²) in [6.07, 6.45) is 7.18. The van der Waals surface area contributed by atoms with Crippen molar-refractivity contribution in [3.63, 3.8) is 0 Å². The molecule has 1 aromatic heterocycles. The number of nitrogens with zero attached hydrogens (tertiary/aromatic N) is 1. The van der Waals surface area contributed by atoms with Gasteiger partial charge in [-0.2, -0.15) is 5.10 Å². The Balaban J connectivity index is 2.51. The van der Waals surface area contributed by atoms with Gasteiger partial charge in [0.15, 0.2) is 0 Å². The third kappa shape index (κ3) is 3.03. The van der Waals surface area contributed by atoms with Crippen LogP contribution in [0.15, 0.2) is 61.0 Å². The lowest BCUT2D eigenvalue weighted by Gasteiger charge is -2.04. The second-order valence-corrected chi connectivity index (χ2v) is 4.40. The molecule has 3 nitrogen and oxygen atoms in total. The van der Waals surface area contributed by atoms with Gasteiger partial charge < -0.3 is 5.73 Å². The highest BCUT2D eigenvalue weighted by Crippen LogP contribution is 2.28. The third-order valence-corrected chi connectivity index (χ3v) is 2.75. The van der Waals surface area contributed by atoms with E-state index in [0.717, 1.165) is 22.4 Å². The predicted molar refractivity (Wildman–Crippen MR) is 80.1 cm³/mol.